The third-order valence-corrected chi connectivity index (χ3v) is 7.77. The van der Waals surface area contributed by atoms with Gasteiger partial charge in [0.25, 0.3) is 0 Å². The Bertz CT molecular complexity index is 1120. The zero-order chi connectivity index (χ0) is 23.9. The number of carbonyl (C=O) groups excluding carboxylic acids is 1. The summed E-state index contributed by atoms with van der Waals surface area (Å²) in [5, 5.41) is 13.9. The summed E-state index contributed by atoms with van der Waals surface area (Å²) in [6.45, 7) is 5.34. The molecule has 2 saturated heterocycles. The van der Waals surface area contributed by atoms with Gasteiger partial charge >= 0.3 is 0 Å². The number of para-hydroxylation sites is 1. The number of aromatic hydroxyl groups is 1. The van der Waals surface area contributed by atoms with Crippen LogP contribution < -0.4 is 10.2 Å². The zero-order valence-electron chi connectivity index (χ0n) is 19.3. The number of carbonyl (C=O) groups is 1. The van der Waals surface area contributed by atoms with Crippen molar-refractivity contribution in [3.8, 4) is 5.75 Å². The molecule has 1 aliphatic carbocycles. The molecule has 0 spiro atoms. The number of likely N-dealkylation sites (tertiary alicyclic amines) is 1. The van der Waals surface area contributed by atoms with Gasteiger partial charge in [0.2, 0.25) is 5.91 Å². The summed E-state index contributed by atoms with van der Waals surface area (Å²) >= 11 is 7.49. The van der Waals surface area contributed by atoms with Crippen LogP contribution in [0.25, 0.3) is 5.57 Å². The van der Waals surface area contributed by atoms with Crippen molar-refractivity contribution in [1.82, 2.24) is 15.2 Å². The molecule has 2 N–H and O–H groups in total. The first kappa shape index (κ1) is 23.1. The number of phenols is 1. The highest BCUT2D eigenvalue weighted by Gasteiger charge is 2.57. The van der Waals surface area contributed by atoms with E-state index in [9.17, 15) is 9.90 Å². The van der Waals surface area contributed by atoms with Crippen molar-refractivity contribution >= 4 is 28.9 Å². The van der Waals surface area contributed by atoms with Crippen LogP contribution in [0.4, 0.5) is 10.2 Å². The molecule has 3 unspecified atom stereocenters. The average molecular weight is 485 g/mol. The maximum atomic E-state index is 16.6. The van der Waals surface area contributed by atoms with Crippen molar-refractivity contribution < 1.29 is 14.3 Å². The number of piperazine rings is 1. The van der Waals surface area contributed by atoms with Crippen LogP contribution in [-0.4, -0.2) is 65.3 Å². The molecule has 2 aromatic rings. The highest BCUT2D eigenvalue weighted by Crippen LogP contribution is 2.54. The molecule has 1 aromatic carbocycles. The number of phenolic OH excluding ortho intramolecular Hbond substituents is 1. The highest BCUT2D eigenvalue weighted by molar-refractivity contribution is 6.25. The summed E-state index contributed by atoms with van der Waals surface area (Å²) in [7, 11) is 0. The summed E-state index contributed by atoms with van der Waals surface area (Å²) in [6, 6.07) is 9.79. The van der Waals surface area contributed by atoms with E-state index in [-0.39, 0.29) is 18.1 Å². The van der Waals surface area contributed by atoms with Crippen LogP contribution >= 0.6 is 11.6 Å². The van der Waals surface area contributed by atoms with Gasteiger partial charge in [-0.05, 0) is 55.2 Å². The predicted octanol–water partition coefficient (Wildman–Crippen LogP) is 3.84. The van der Waals surface area contributed by atoms with Gasteiger partial charge in [0, 0.05) is 50.9 Å². The van der Waals surface area contributed by atoms with E-state index < -0.39 is 16.6 Å². The molecular formula is C26H30ClFN4O2. The molecule has 180 valence electrons. The minimum atomic E-state index is -1.91. The molecule has 3 heterocycles. The number of alkyl halides is 2. The molecule has 1 amide bonds. The Labute approximate surface area is 204 Å². The Balaban J connectivity index is 1.63. The molecule has 2 fully saturated rings. The first-order valence-corrected chi connectivity index (χ1v) is 12.3. The lowest BCUT2D eigenvalue weighted by Crippen LogP contribution is -2.60. The lowest BCUT2D eigenvalue weighted by Gasteiger charge is -2.49. The molecule has 2 aliphatic heterocycles. The van der Waals surface area contributed by atoms with Gasteiger partial charge < -0.3 is 20.2 Å². The number of nitrogens with zero attached hydrogens (tertiary/aromatic N) is 3. The van der Waals surface area contributed by atoms with Gasteiger partial charge in [-0.3, -0.25) is 4.79 Å². The molecule has 6 nitrogen and oxygen atoms in total. The number of aromatic nitrogens is 1. The summed E-state index contributed by atoms with van der Waals surface area (Å²) in [6.07, 6.45) is 4.62. The smallest absolute Gasteiger partial charge is 0.223 e. The molecule has 8 heteroatoms. The summed E-state index contributed by atoms with van der Waals surface area (Å²) in [5.41, 5.74) is 0.00335. The van der Waals surface area contributed by atoms with Crippen LogP contribution in [0.5, 0.6) is 5.75 Å². The number of pyridine rings is 1. The van der Waals surface area contributed by atoms with Gasteiger partial charge in [0.05, 0.1) is 10.9 Å². The minimum Gasteiger partial charge on any atom is -0.507 e. The topological polar surface area (TPSA) is 68.7 Å². The first-order chi connectivity index (χ1) is 16.3. The van der Waals surface area contributed by atoms with Gasteiger partial charge in [-0.2, -0.15) is 0 Å². The second kappa shape index (κ2) is 8.86. The van der Waals surface area contributed by atoms with E-state index in [2.05, 4.69) is 15.2 Å². The second-order valence-corrected chi connectivity index (χ2v) is 10.3. The largest absolute Gasteiger partial charge is 0.507 e. The SMILES string of the molecule is CC1(F)C=C(c2ccccc2O)CC(Cl)(c2ccnc(N3CCNCC3)c2)C1N1CCCC1=O. The second-order valence-electron chi connectivity index (χ2n) is 9.61. The van der Waals surface area contributed by atoms with Gasteiger partial charge in [-0.25, -0.2) is 9.37 Å². The molecule has 0 radical (unpaired) electrons. The zero-order valence-corrected chi connectivity index (χ0v) is 20.1. The van der Waals surface area contributed by atoms with Crippen molar-refractivity contribution in [2.75, 3.05) is 37.6 Å². The molecule has 3 aliphatic rings. The summed E-state index contributed by atoms with van der Waals surface area (Å²) in [5.74, 6) is 0.801. The van der Waals surface area contributed by atoms with E-state index in [0.29, 0.717) is 30.5 Å². The molecule has 0 saturated carbocycles. The first-order valence-electron chi connectivity index (χ1n) is 11.9. The maximum Gasteiger partial charge on any atom is 0.223 e. The van der Waals surface area contributed by atoms with Crippen LogP contribution in [0, 0.1) is 0 Å². The minimum absolute atomic E-state index is 0.0744. The standard InChI is InChI=1S/C26H30ClFN4O2/c1-25(28)16-18(20-5-2-3-6-21(20)33)17-26(27,24(25)32-12-4-7-23(32)34)19-8-9-30-22(15-19)31-13-10-29-11-14-31/h2-3,5-6,8-9,15-16,24,29,33H,4,7,10-14,17H2,1H3. The van der Waals surface area contributed by atoms with Crippen molar-refractivity contribution in [3.05, 3.63) is 59.8 Å². The molecular weight excluding hydrogens is 455 g/mol. The number of rotatable bonds is 4. The van der Waals surface area contributed by atoms with Gasteiger partial charge in [-0.1, -0.05) is 18.2 Å². The predicted molar refractivity (Wildman–Crippen MR) is 132 cm³/mol. The Hall–Kier alpha value is -2.64. The van der Waals surface area contributed by atoms with E-state index in [1.165, 1.54) is 13.0 Å². The molecule has 3 atom stereocenters. The quantitative estimate of drug-likeness (QED) is 0.645. The average Bonchev–Trinajstić information content (AvgIpc) is 3.24. The maximum absolute atomic E-state index is 16.6. The lowest BCUT2D eigenvalue weighted by atomic mass is 9.71. The summed E-state index contributed by atoms with van der Waals surface area (Å²) < 4.78 is 16.6. The fraction of sp³-hybridized carbons (Fsp3) is 0.462. The van der Waals surface area contributed by atoms with Gasteiger partial charge in [-0.15, -0.1) is 11.6 Å². The van der Waals surface area contributed by atoms with Crippen LogP contribution in [0.3, 0.4) is 0 Å². The highest BCUT2D eigenvalue weighted by atomic mass is 35.5. The molecule has 0 bridgehead atoms. The normalized spacial score (nSPS) is 29.9. The Morgan fingerprint density at radius 2 is 1.97 bits per heavy atom. The third-order valence-electron chi connectivity index (χ3n) is 7.21. The van der Waals surface area contributed by atoms with Crippen LogP contribution in [0.1, 0.15) is 37.3 Å². The number of allylic oxidation sites excluding steroid dienone is 1. The van der Waals surface area contributed by atoms with E-state index >= 15 is 4.39 Å². The number of nitrogens with one attached hydrogen (secondary N) is 1. The van der Waals surface area contributed by atoms with Crippen molar-refractivity contribution in [2.45, 2.75) is 42.8 Å². The van der Waals surface area contributed by atoms with Crippen LogP contribution in [-0.2, 0) is 9.67 Å². The lowest BCUT2D eigenvalue weighted by molar-refractivity contribution is -0.133. The monoisotopic (exact) mass is 484 g/mol. The Kier molecular flexibility index (Phi) is 6.02. The molecule has 34 heavy (non-hydrogen) atoms. The Morgan fingerprint density at radius 1 is 1.21 bits per heavy atom. The number of hydrogen-bond donors (Lipinski definition) is 2. The van der Waals surface area contributed by atoms with Crippen molar-refractivity contribution in [3.63, 3.8) is 0 Å². The van der Waals surface area contributed by atoms with Gasteiger partial charge in [0.1, 0.15) is 17.2 Å². The molecule has 1 aromatic heterocycles. The third kappa shape index (κ3) is 4.05. The number of anilines is 1. The van der Waals surface area contributed by atoms with E-state index in [4.69, 9.17) is 11.6 Å². The Morgan fingerprint density at radius 3 is 2.68 bits per heavy atom. The van der Waals surface area contributed by atoms with E-state index in [0.717, 1.165) is 37.6 Å². The number of halogens is 2. The van der Waals surface area contributed by atoms with Crippen LogP contribution in [0.2, 0.25) is 0 Å². The molecule has 5 rings (SSSR count). The number of hydrogen-bond acceptors (Lipinski definition) is 5. The number of benzene rings is 1. The van der Waals surface area contributed by atoms with Crippen LogP contribution in [0.15, 0.2) is 48.7 Å². The fourth-order valence-electron chi connectivity index (χ4n) is 5.71. The van der Waals surface area contributed by atoms with E-state index in [1.807, 2.05) is 18.2 Å². The van der Waals surface area contributed by atoms with Gasteiger partial charge in [0.15, 0.2) is 0 Å². The summed E-state index contributed by atoms with van der Waals surface area (Å²) in [4.78, 5) is 20.0. The number of amides is 1. The van der Waals surface area contributed by atoms with Crippen molar-refractivity contribution in [2.24, 2.45) is 0 Å². The fourth-order valence-corrected chi connectivity index (χ4v) is 6.30. The van der Waals surface area contributed by atoms with Crippen molar-refractivity contribution in [1.29, 1.82) is 0 Å². The van der Waals surface area contributed by atoms with E-state index in [1.54, 1.807) is 29.3 Å².